The van der Waals surface area contributed by atoms with Crippen molar-refractivity contribution in [2.45, 2.75) is 0 Å². The Morgan fingerprint density at radius 2 is 1.17 bits per heavy atom. The molecule has 40 valence electrons. The Hall–Kier alpha value is 0.840. The highest BCUT2D eigenvalue weighted by atomic mass is 127. The van der Waals surface area contributed by atoms with E-state index in [1.807, 2.05) is 0 Å². The fourth-order valence-electron chi connectivity index (χ4n) is 0. The number of hydrogen-bond donors (Lipinski definition) is 4. The van der Waals surface area contributed by atoms with Crippen LogP contribution in [-0.4, -0.2) is 0 Å². The molecule has 0 atom stereocenters. The minimum absolute atomic E-state index is 0. The van der Waals surface area contributed by atoms with Gasteiger partial charge in [-0.15, -0.1) is 0 Å². The molecular formula is H8IN4P. The molecule has 0 heterocycles. The van der Waals surface area contributed by atoms with Crippen molar-refractivity contribution in [3.63, 3.8) is 0 Å². The fourth-order valence-corrected chi connectivity index (χ4v) is 0. The van der Waals surface area contributed by atoms with E-state index in [4.69, 9.17) is 21.7 Å². The van der Waals surface area contributed by atoms with E-state index >= 15 is 0 Å². The zero-order chi connectivity index (χ0) is 4.50. The molecule has 0 spiro atoms. The van der Waals surface area contributed by atoms with E-state index in [0.717, 1.165) is 0 Å². The Morgan fingerprint density at radius 3 is 1.17 bits per heavy atom. The quantitative estimate of drug-likeness (QED) is 0.243. The van der Waals surface area contributed by atoms with E-state index < -0.39 is 7.51 Å². The summed E-state index contributed by atoms with van der Waals surface area (Å²) in [6.07, 6.45) is 0. The lowest BCUT2D eigenvalue weighted by Gasteiger charge is -1.86. The Kier molecular flexibility index (Phi) is 4.85. The molecule has 0 aliphatic carbocycles. The van der Waals surface area contributed by atoms with Crippen LogP contribution in [-0.2, 0) is 0 Å². The average molecular weight is 222 g/mol. The van der Waals surface area contributed by atoms with Gasteiger partial charge in [0.2, 0.25) is 0 Å². The number of nitrogens with two attached hydrogens (primary N) is 4. The minimum Gasteiger partial charge on any atom is -1.00 e. The van der Waals surface area contributed by atoms with E-state index in [1.54, 1.807) is 0 Å². The molecule has 8 N–H and O–H groups in total. The molecule has 0 saturated heterocycles. The molecule has 0 amide bonds. The van der Waals surface area contributed by atoms with Gasteiger partial charge in [-0.3, -0.25) is 0 Å². The predicted octanol–water partition coefficient (Wildman–Crippen LogP) is -5.43. The molecule has 0 aromatic rings. The van der Waals surface area contributed by atoms with Crippen LogP contribution in [0.15, 0.2) is 0 Å². The van der Waals surface area contributed by atoms with Crippen LogP contribution in [0.1, 0.15) is 0 Å². The van der Waals surface area contributed by atoms with Gasteiger partial charge in [-0.1, -0.05) is 0 Å². The van der Waals surface area contributed by atoms with Crippen molar-refractivity contribution in [2.75, 3.05) is 0 Å². The molecule has 0 aromatic heterocycles. The molecule has 0 radical (unpaired) electrons. The summed E-state index contributed by atoms with van der Waals surface area (Å²) in [6, 6.07) is 0. The topological polar surface area (TPSA) is 104 Å². The predicted molar refractivity (Wildman–Crippen MR) is 21.4 cm³/mol. The minimum atomic E-state index is -2.39. The maximum atomic E-state index is 4.80. The van der Waals surface area contributed by atoms with E-state index in [2.05, 4.69) is 0 Å². The van der Waals surface area contributed by atoms with E-state index in [9.17, 15) is 0 Å². The van der Waals surface area contributed by atoms with Crippen molar-refractivity contribution in [3.05, 3.63) is 0 Å². The third-order valence-corrected chi connectivity index (χ3v) is 0. The Morgan fingerprint density at radius 1 is 1.17 bits per heavy atom. The first-order valence-corrected chi connectivity index (χ1v) is 3.10. The molecule has 0 rings (SSSR count). The third-order valence-electron chi connectivity index (χ3n) is 0. The molecule has 0 aromatic carbocycles. The summed E-state index contributed by atoms with van der Waals surface area (Å²) in [5.41, 5.74) is 14.4. The second kappa shape index (κ2) is 2.92. The van der Waals surface area contributed by atoms with Gasteiger partial charge < -0.3 is 24.0 Å². The monoisotopic (exact) mass is 222 g/mol. The second-order valence-corrected chi connectivity index (χ2v) is 2.68. The Bertz CT molecular complexity index is 53.7. The zero-order valence-electron chi connectivity index (χ0n) is 3.13. The fraction of sp³-hybridized carbons (Fsp3) is 0. The standard InChI is InChI=1S/HI.H7N4P/c;1-5(2,3)4/h1H;(H7,1,2,3,4). The average Bonchev–Trinajstić information content (AvgIpc) is 0.722. The molecular weight excluding hydrogens is 214 g/mol. The van der Waals surface area contributed by atoms with Gasteiger partial charge in [-0.2, -0.15) is 0 Å². The van der Waals surface area contributed by atoms with Crippen molar-refractivity contribution >= 4 is 7.51 Å². The Labute approximate surface area is 53.5 Å². The van der Waals surface area contributed by atoms with Crippen molar-refractivity contribution in [1.82, 2.24) is 0 Å². The molecule has 4 nitrogen and oxygen atoms in total. The van der Waals surface area contributed by atoms with Crippen molar-refractivity contribution in [1.29, 1.82) is 0 Å². The normalized spacial score (nSPS) is 9.83. The van der Waals surface area contributed by atoms with Crippen LogP contribution in [0.2, 0.25) is 0 Å². The SMILES string of the molecule is NP(N)(N)=[NH2+].[I-]. The molecule has 6 heavy (non-hydrogen) atoms. The number of halogens is 1. The van der Waals surface area contributed by atoms with E-state index in [-0.39, 0.29) is 24.0 Å². The van der Waals surface area contributed by atoms with Crippen molar-refractivity contribution < 1.29 is 29.1 Å². The molecule has 0 saturated carbocycles. The van der Waals surface area contributed by atoms with Gasteiger partial charge in [-0.25, -0.2) is 21.7 Å². The maximum Gasteiger partial charge on any atom is 0.292 e. The lowest BCUT2D eigenvalue weighted by molar-refractivity contribution is -0.0869. The third kappa shape index (κ3) is 101. The number of rotatable bonds is 0. The molecule has 0 aliphatic heterocycles. The van der Waals surface area contributed by atoms with Gasteiger partial charge >= 0.3 is 0 Å². The zero-order valence-corrected chi connectivity index (χ0v) is 6.19. The van der Waals surface area contributed by atoms with Crippen LogP contribution in [0.25, 0.3) is 0 Å². The lowest BCUT2D eigenvalue weighted by Crippen LogP contribution is -3.00. The summed E-state index contributed by atoms with van der Waals surface area (Å²) in [6.45, 7) is 0. The van der Waals surface area contributed by atoms with Crippen molar-refractivity contribution in [2.24, 2.45) is 16.5 Å². The van der Waals surface area contributed by atoms with Crippen LogP contribution in [0, 0.1) is 0 Å². The highest BCUT2D eigenvalue weighted by Gasteiger charge is 1.92. The highest BCUT2D eigenvalue weighted by Crippen LogP contribution is 1.99. The first kappa shape index (κ1) is 9.96. The van der Waals surface area contributed by atoms with Gasteiger partial charge in [-0.05, 0) is 0 Å². The van der Waals surface area contributed by atoms with Crippen LogP contribution < -0.4 is 45.7 Å². The molecule has 0 unspecified atom stereocenters. The van der Waals surface area contributed by atoms with Gasteiger partial charge in [0, 0.05) is 0 Å². The number of hydrogen-bond acceptors (Lipinski definition) is 0. The second-order valence-electron chi connectivity index (χ2n) is 0.894. The Balaban J connectivity index is 0. The summed E-state index contributed by atoms with van der Waals surface area (Å²) < 4.78 is 0. The van der Waals surface area contributed by atoms with Gasteiger partial charge in [0.25, 0.3) is 7.51 Å². The van der Waals surface area contributed by atoms with Crippen molar-refractivity contribution in [3.8, 4) is 0 Å². The summed E-state index contributed by atoms with van der Waals surface area (Å²) in [7, 11) is -2.39. The van der Waals surface area contributed by atoms with Gasteiger partial charge in [0.05, 0.1) is 0 Å². The highest BCUT2D eigenvalue weighted by molar-refractivity contribution is 7.55. The first-order valence-electron chi connectivity index (χ1n) is 1.03. The smallest absolute Gasteiger partial charge is 0.292 e. The summed E-state index contributed by atoms with van der Waals surface area (Å²) in [5.74, 6) is 0. The molecule has 0 bridgehead atoms. The van der Waals surface area contributed by atoms with E-state index in [0.29, 0.717) is 0 Å². The summed E-state index contributed by atoms with van der Waals surface area (Å²) in [4.78, 5) is 0. The van der Waals surface area contributed by atoms with Gasteiger partial charge in [0.15, 0.2) is 0 Å². The van der Waals surface area contributed by atoms with Crippen LogP contribution in [0.4, 0.5) is 0 Å². The summed E-state index contributed by atoms with van der Waals surface area (Å²) in [5, 5.41) is 4.80. The first-order chi connectivity index (χ1) is 2.00. The van der Waals surface area contributed by atoms with Gasteiger partial charge in [0.1, 0.15) is 0 Å². The summed E-state index contributed by atoms with van der Waals surface area (Å²) >= 11 is 0. The van der Waals surface area contributed by atoms with Crippen LogP contribution in [0.3, 0.4) is 0 Å². The van der Waals surface area contributed by atoms with E-state index in [1.165, 1.54) is 0 Å². The molecule has 6 heteroatoms. The van der Waals surface area contributed by atoms with Crippen LogP contribution >= 0.6 is 7.51 Å². The molecule has 0 fully saturated rings. The largest absolute Gasteiger partial charge is 1.00 e. The lowest BCUT2D eigenvalue weighted by atomic mass is 13.8. The maximum absolute atomic E-state index is 4.80. The van der Waals surface area contributed by atoms with Crippen LogP contribution in [0.5, 0.6) is 0 Å². The molecule has 0 aliphatic rings.